The summed E-state index contributed by atoms with van der Waals surface area (Å²) in [5.41, 5.74) is 1.18. The van der Waals surface area contributed by atoms with Crippen molar-refractivity contribution in [2.24, 2.45) is 0 Å². The number of hydrogen-bond acceptors (Lipinski definition) is 4. The van der Waals surface area contributed by atoms with Gasteiger partial charge in [0.25, 0.3) is 0 Å². The molecular formula is C16H27BrN2O2. The summed E-state index contributed by atoms with van der Waals surface area (Å²) in [4.78, 5) is 2.28. The fourth-order valence-electron chi connectivity index (χ4n) is 1.88. The largest absolute Gasteiger partial charge is 0.493 e. The Morgan fingerprint density at radius 2 is 2.05 bits per heavy atom. The monoisotopic (exact) mass is 358 g/mol. The number of nitrogens with zero attached hydrogens (tertiary/aromatic N) is 1. The average molecular weight is 359 g/mol. The summed E-state index contributed by atoms with van der Waals surface area (Å²) < 4.78 is 12.1. The quantitative estimate of drug-likeness (QED) is 0.650. The molecule has 120 valence electrons. The molecule has 0 spiro atoms. The number of rotatable bonds is 10. The van der Waals surface area contributed by atoms with E-state index in [1.165, 1.54) is 5.56 Å². The molecule has 21 heavy (non-hydrogen) atoms. The van der Waals surface area contributed by atoms with Crippen LogP contribution in [-0.2, 0) is 6.54 Å². The van der Waals surface area contributed by atoms with E-state index in [9.17, 15) is 0 Å². The first kappa shape index (κ1) is 18.3. The Morgan fingerprint density at radius 3 is 2.67 bits per heavy atom. The number of methoxy groups -OCH3 is 1. The minimum atomic E-state index is 0.690. The van der Waals surface area contributed by atoms with E-state index < -0.39 is 0 Å². The van der Waals surface area contributed by atoms with Crippen molar-refractivity contribution in [3.05, 3.63) is 22.2 Å². The van der Waals surface area contributed by atoms with Crippen LogP contribution in [0.1, 0.15) is 25.8 Å². The van der Waals surface area contributed by atoms with Gasteiger partial charge in [-0.3, -0.25) is 0 Å². The maximum atomic E-state index is 5.74. The molecule has 4 nitrogen and oxygen atoms in total. The molecule has 0 aromatic heterocycles. The van der Waals surface area contributed by atoms with Crippen molar-refractivity contribution in [3.8, 4) is 11.5 Å². The van der Waals surface area contributed by atoms with Crippen LogP contribution in [0.3, 0.4) is 0 Å². The van der Waals surface area contributed by atoms with Gasteiger partial charge in [-0.05, 0) is 53.6 Å². The van der Waals surface area contributed by atoms with Gasteiger partial charge in [0.1, 0.15) is 0 Å². The summed E-state index contributed by atoms with van der Waals surface area (Å²) in [5.74, 6) is 1.56. The number of hydrogen-bond donors (Lipinski definition) is 1. The van der Waals surface area contributed by atoms with E-state index in [-0.39, 0.29) is 0 Å². The van der Waals surface area contributed by atoms with Crippen LogP contribution in [0.2, 0.25) is 0 Å². The van der Waals surface area contributed by atoms with E-state index in [1.54, 1.807) is 7.11 Å². The highest BCUT2D eigenvalue weighted by atomic mass is 79.9. The Kier molecular flexibility index (Phi) is 8.73. The molecule has 0 amide bonds. The van der Waals surface area contributed by atoms with Gasteiger partial charge in [0.2, 0.25) is 0 Å². The molecule has 0 saturated carbocycles. The second kappa shape index (κ2) is 10.0. The molecule has 0 fully saturated rings. The molecule has 0 heterocycles. The Labute approximate surface area is 136 Å². The van der Waals surface area contributed by atoms with Crippen LogP contribution < -0.4 is 14.8 Å². The Hall–Kier alpha value is -0.780. The van der Waals surface area contributed by atoms with Crippen LogP contribution in [0.4, 0.5) is 0 Å². The lowest BCUT2D eigenvalue weighted by atomic mass is 10.2. The number of nitrogens with one attached hydrogen (secondary N) is 1. The van der Waals surface area contributed by atoms with Gasteiger partial charge in [-0.2, -0.15) is 0 Å². The van der Waals surface area contributed by atoms with Gasteiger partial charge >= 0.3 is 0 Å². The second-order valence-corrected chi connectivity index (χ2v) is 5.88. The number of likely N-dealkylation sites (N-methyl/N-ethyl adjacent to an activating group) is 1. The highest BCUT2D eigenvalue weighted by Gasteiger charge is 2.11. The molecule has 1 rings (SSSR count). The molecule has 5 heteroatoms. The van der Waals surface area contributed by atoms with E-state index in [0.29, 0.717) is 6.61 Å². The molecule has 0 aliphatic carbocycles. The molecule has 0 bridgehead atoms. The molecule has 0 saturated heterocycles. The minimum absolute atomic E-state index is 0.690. The van der Waals surface area contributed by atoms with Gasteiger partial charge in [-0.1, -0.05) is 13.8 Å². The summed E-state index contributed by atoms with van der Waals surface area (Å²) in [6.45, 7) is 8.86. The van der Waals surface area contributed by atoms with Crippen molar-refractivity contribution in [1.82, 2.24) is 10.2 Å². The third-order valence-corrected chi connectivity index (χ3v) is 3.87. The zero-order valence-corrected chi connectivity index (χ0v) is 15.1. The van der Waals surface area contributed by atoms with Gasteiger partial charge < -0.3 is 19.7 Å². The number of halogens is 1. The zero-order chi connectivity index (χ0) is 15.7. The normalized spacial score (nSPS) is 11.0. The topological polar surface area (TPSA) is 33.7 Å². The van der Waals surface area contributed by atoms with Gasteiger partial charge in [-0.25, -0.2) is 0 Å². The first-order valence-corrected chi connectivity index (χ1v) is 8.30. The van der Waals surface area contributed by atoms with Gasteiger partial charge in [0.15, 0.2) is 11.5 Å². The first-order valence-electron chi connectivity index (χ1n) is 7.50. The summed E-state index contributed by atoms with van der Waals surface area (Å²) >= 11 is 3.57. The minimum Gasteiger partial charge on any atom is -0.493 e. The van der Waals surface area contributed by atoms with E-state index >= 15 is 0 Å². The lowest BCUT2D eigenvalue weighted by Crippen LogP contribution is -2.28. The Bertz CT molecular complexity index is 427. The summed E-state index contributed by atoms with van der Waals surface area (Å²) in [7, 11) is 3.80. The van der Waals surface area contributed by atoms with E-state index in [1.807, 2.05) is 6.07 Å². The predicted octanol–water partition coefficient (Wildman–Crippen LogP) is 3.29. The van der Waals surface area contributed by atoms with Crippen LogP contribution in [0.15, 0.2) is 16.6 Å². The highest BCUT2D eigenvalue weighted by molar-refractivity contribution is 9.10. The second-order valence-electron chi connectivity index (χ2n) is 5.03. The van der Waals surface area contributed by atoms with Gasteiger partial charge in [0.05, 0.1) is 18.2 Å². The van der Waals surface area contributed by atoms with E-state index in [0.717, 1.165) is 48.6 Å². The zero-order valence-electron chi connectivity index (χ0n) is 13.5. The maximum absolute atomic E-state index is 5.74. The molecular weight excluding hydrogens is 332 g/mol. The van der Waals surface area contributed by atoms with Crippen molar-refractivity contribution >= 4 is 15.9 Å². The van der Waals surface area contributed by atoms with Crippen molar-refractivity contribution < 1.29 is 9.47 Å². The summed E-state index contributed by atoms with van der Waals surface area (Å²) in [5, 5.41) is 3.45. The van der Waals surface area contributed by atoms with Crippen LogP contribution in [0, 0.1) is 0 Å². The molecule has 0 aliphatic heterocycles. The number of benzene rings is 1. The van der Waals surface area contributed by atoms with Crippen LogP contribution >= 0.6 is 15.9 Å². The third-order valence-electron chi connectivity index (χ3n) is 3.28. The predicted molar refractivity (Wildman–Crippen MR) is 91.4 cm³/mol. The van der Waals surface area contributed by atoms with Crippen molar-refractivity contribution in [3.63, 3.8) is 0 Å². The lowest BCUT2D eigenvalue weighted by Gasteiger charge is -2.16. The van der Waals surface area contributed by atoms with Crippen LogP contribution in [0.25, 0.3) is 0 Å². The van der Waals surface area contributed by atoms with E-state index in [2.05, 4.69) is 53.1 Å². The smallest absolute Gasteiger partial charge is 0.175 e. The van der Waals surface area contributed by atoms with Gasteiger partial charge in [-0.15, -0.1) is 0 Å². The molecule has 0 aliphatic rings. The van der Waals surface area contributed by atoms with Crippen molar-refractivity contribution in [2.45, 2.75) is 26.8 Å². The Morgan fingerprint density at radius 1 is 1.29 bits per heavy atom. The first-order chi connectivity index (χ1) is 10.1. The van der Waals surface area contributed by atoms with Crippen LogP contribution in [-0.4, -0.2) is 45.3 Å². The highest BCUT2D eigenvalue weighted by Crippen LogP contribution is 2.36. The molecule has 1 N–H and O–H groups in total. The fraction of sp³-hybridized carbons (Fsp3) is 0.625. The van der Waals surface area contributed by atoms with Gasteiger partial charge in [0, 0.05) is 19.6 Å². The molecule has 1 aromatic carbocycles. The third kappa shape index (κ3) is 6.24. The van der Waals surface area contributed by atoms with Crippen molar-refractivity contribution in [1.29, 1.82) is 0 Å². The average Bonchev–Trinajstić information content (AvgIpc) is 2.49. The molecule has 0 unspecified atom stereocenters. The standard InChI is InChI=1S/C16H27BrN2O2/c1-5-9-21-16-14(17)10-13(11-15(16)20-4)12-18-7-8-19(3)6-2/h10-11,18H,5-9,12H2,1-4H3. The fourth-order valence-corrected chi connectivity index (χ4v) is 2.48. The molecule has 1 aromatic rings. The van der Waals surface area contributed by atoms with Crippen molar-refractivity contribution in [2.75, 3.05) is 40.4 Å². The van der Waals surface area contributed by atoms with E-state index in [4.69, 9.17) is 9.47 Å². The van der Waals surface area contributed by atoms with Crippen LogP contribution in [0.5, 0.6) is 11.5 Å². The SMILES string of the molecule is CCCOc1c(Br)cc(CNCCN(C)CC)cc1OC. The maximum Gasteiger partial charge on any atom is 0.175 e. The molecule has 0 radical (unpaired) electrons. The Balaban J connectivity index is 2.61. The number of ether oxygens (including phenoxy) is 2. The lowest BCUT2D eigenvalue weighted by molar-refractivity contribution is 0.292. The summed E-state index contributed by atoms with van der Waals surface area (Å²) in [6, 6.07) is 4.12. The summed E-state index contributed by atoms with van der Waals surface area (Å²) in [6.07, 6.45) is 0.976. The molecule has 0 atom stereocenters.